The number of imidazole rings is 1. The van der Waals surface area contributed by atoms with Crippen LogP contribution in [0.15, 0.2) is 56.9 Å². The Morgan fingerprint density at radius 2 is 1.76 bits per heavy atom. The molecule has 0 bridgehead atoms. The molecule has 0 saturated carbocycles. The summed E-state index contributed by atoms with van der Waals surface area (Å²) in [5, 5.41) is 1.80. The second kappa shape index (κ2) is 6.98. The molecular formula is C19H19N5O4S. The Bertz CT molecular complexity index is 1460. The monoisotopic (exact) mass is 413 g/mol. The zero-order valence-electron chi connectivity index (χ0n) is 15.8. The summed E-state index contributed by atoms with van der Waals surface area (Å²) in [4.78, 5) is 31.5. The van der Waals surface area contributed by atoms with Crippen LogP contribution in [0, 0.1) is 0 Å². The average molecular weight is 413 g/mol. The lowest BCUT2D eigenvalue weighted by molar-refractivity contribution is 0.581. The van der Waals surface area contributed by atoms with Gasteiger partial charge in [-0.25, -0.2) is 22.9 Å². The molecule has 4 aromatic rings. The molecule has 2 aromatic carbocycles. The second-order valence-corrected chi connectivity index (χ2v) is 8.51. The number of H-pyrrole nitrogens is 1. The first kappa shape index (κ1) is 19.1. The van der Waals surface area contributed by atoms with E-state index in [0.29, 0.717) is 5.82 Å². The zero-order chi connectivity index (χ0) is 20.8. The minimum absolute atomic E-state index is 0.0866. The van der Waals surface area contributed by atoms with E-state index in [1.54, 1.807) is 18.2 Å². The highest BCUT2D eigenvalue weighted by molar-refractivity contribution is 7.89. The van der Waals surface area contributed by atoms with E-state index in [4.69, 9.17) is 0 Å². The van der Waals surface area contributed by atoms with Crippen molar-refractivity contribution in [2.45, 2.75) is 11.3 Å². The van der Waals surface area contributed by atoms with Gasteiger partial charge in [0.05, 0.1) is 4.90 Å². The fraction of sp³-hybridized carbons (Fsp3) is 0.211. The fourth-order valence-corrected chi connectivity index (χ4v) is 4.28. The van der Waals surface area contributed by atoms with Crippen molar-refractivity contribution in [3.05, 3.63) is 69.1 Å². The van der Waals surface area contributed by atoms with Crippen molar-refractivity contribution < 1.29 is 8.42 Å². The topological polar surface area (TPSA) is 119 Å². The highest BCUT2D eigenvalue weighted by atomic mass is 32.2. The normalized spacial score (nSPS) is 12.1. The maximum Gasteiger partial charge on any atom is 0.332 e. The van der Waals surface area contributed by atoms with Crippen LogP contribution in [0.25, 0.3) is 21.9 Å². The first-order valence-corrected chi connectivity index (χ1v) is 10.4. The molecule has 0 spiro atoms. The lowest BCUT2D eigenvalue weighted by Gasteiger charge is -2.07. The summed E-state index contributed by atoms with van der Waals surface area (Å²) < 4.78 is 30.0. The van der Waals surface area contributed by atoms with Gasteiger partial charge in [-0.15, -0.1) is 0 Å². The molecule has 0 fully saturated rings. The van der Waals surface area contributed by atoms with Gasteiger partial charge in [0.15, 0.2) is 5.65 Å². The van der Waals surface area contributed by atoms with Crippen molar-refractivity contribution in [1.29, 1.82) is 0 Å². The number of fused-ring (bicyclic) bond motifs is 2. The predicted octanol–water partition coefficient (Wildman–Crippen LogP) is 0.634. The number of sulfonamides is 1. The smallest absolute Gasteiger partial charge is 0.332 e. The Balaban J connectivity index is 1.55. The van der Waals surface area contributed by atoms with E-state index in [1.807, 2.05) is 24.3 Å². The number of aryl methyl sites for hydroxylation is 1. The van der Waals surface area contributed by atoms with Crippen LogP contribution < -0.4 is 16.0 Å². The van der Waals surface area contributed by atoms with Crippen molar-refractivity contribution in [2.75, 3.05) is 6.54 Å². The summed E-state index contributed by atoms with van der Waals surface area (Å²) in [7, 11) is -0.778. The van der Waals surface area contributed by atoms with Crippen LogP contribution in [0.5, 0.6) is 0 Å². The minimum atomic E-state index is -3.69. The summed E-state index contributed by atoms with van der Waals surface area (Å²) in [5.74, 6) is 0.416. The van der Waals surface area contributed by atoms with E-state index >= 15 is 0 Å². The van der Waals surface area contributed by atoms with Crippen LogP contribution in [0.1, 0.15) is 5.82 Å². The molecule has 2 N–H and O–H groups in total. The standard InChI is InChI=1S/C19H19N5O4S/c1-23-17-16(18(25)24(2)19(23)26)21-15(22-17)9-10-20-29(27,28)14-8-7-12-5-3-4-6-13(12)11-14/h3-8,11,20H,9-10H2,1-2H3,(H,21,22). The molecule has 150 valence electrons. The molecule has 0 saturated heterocycles. The first-order valence-electron chi connectivity index (χ1n) is 8.91. The minimum Gasteiger partial charge on any atom is -0.336 e. The fourth-order valence-electron chi connectivity index (χ4n) is 3.21. The van der Waals surface area contributed by atoms with Crippen molar-refractivity contribution in [1.82, 2.24) is 23.8 Å². The van der Waals surface area contributed by atoms with Gasteiger partial charge in [-0.2, -0.15) is 0 Å². The molecule has 0 radical (unpaired) electrons. The number of hydrogen-bond acceptors (Lipinski definition) is 5. The van der Waals surface area contributed by atoms with Gasteiger partial charge in [0.2, 0.25) is 10.0 Å². The van der Waals surface area contributed by atoms with Crippen LogP contribution in [-0.2, 0) is 30.5 Å². The highest BCUT2D eigenvalue weighted by Gasteiger charge is 2.16. The van der Waals surface area contributed by atoms with Gasteiger partial charge in [0.25, 0.3) is 5.56 Å². The van der Waals surface area contributed by atoms with Crippen LogP contribution >= 0.6 is 0 Å². The first-order chi connectivity index (χ1) is 13.8. The molecule has 2 heterocycles. The third kappa shape index (κ3) is 3.36. The number of nitrogens with zero attached hydrogens (tertiary/aromatic N) is 3. The Kier molecular flexibility index (Phi) is 4.59. The van der Waals surface area contributed by atoms with Crippen molar-refractivity contribution in [3.8, 4) is 0 Å². The molecule has 29 heavy (non-hydrogen) atoms. The van der Waals surface area contributed by atoms with E-state index in [0.717, 1.165) is 15.3 Å². The maximum absolute atomic E-state index is 12.6. The molecule has 10 heteroatoms. The Morgan fingerprint density at radius 1 is 1.03 bits per heavy atom. The van der Waals surface area contributed by atoms with E-state index in [2.05, 4.69) is 14.7 Å². The SMILES string of the molecule is Cn1c(=O)c2[nH]c(CCNS(=O)(=O)c3ccc4ccccc4c3)nc2n(C)c1=O. The molecular weight excluding hydrogens is 394 g/mol. The van der Waals surface area contributed by atoms with Crippen LogP contribution in [0.3, 0.4) is 0 Å². The van der Waals surface area contributed by atoms with Gasteiger partial charge in [-0.05, 0) is 22.9 Å². The lowest BCUT2D eigenvalue weighted by atomic mass is 10.1. The molecule has 0 aliphatic carbocycles. The van der Waals surface area contributed by atoms with Gasteiger partial charge in [0.1, 0.15) is 11.3 Å². The van der Waals surface area contributed by atoms with Crippen molar-refractivity contribution in [2.24, 2.45) is 14.1 Å². The Labute approximate surface area is 165 Å². The molecule has 0 unspecified atom stereocenters. The van der Waals surface area contributed by atoms with Crippen LogP contribution in [-0.4, -0.2) is 34.1 Å². The van der Waals surface area contributed by atoms with Crippen molar-refractivity contribution in [3.63, 3.8) is 0 Å². The van der Waals surface area contributed by atoms with Gasteiger partial charge in [-0.3, -0.25) is 13.9 Å². The van der Waals surface area contributed by atoms with Gasteiger partial charge >= 0.3 is 5.69 Å². The third-order valence-corrected chi connectivity index (χ3v) is 6.29. The molecule has 2 aromatic heterocycles. The summed E-state index contributed by atoms with van der Waals surface area (Å²) in [6.45, 7) is 0.0866. The Morgan fingerprint density at radius 3 is 2.52 bits per heavy atom. The van der Waals surface area contributed by atoms with Gasteiger partial charge < -0.3 is 4.98 Å². The number of aromatic nitrogens is 4. The molecule has 4 rings (SSSR count). The van der Waals surface area contributed by atoms with Crippen LogP contribution in [0.2, 0.25) is 0 Å². The highest BCUT2D eigenvalue weighted by Crippen LogP contribution is 2.18. The number of benzene rings is 2. The summed E-state index contributed by atoms with van der Waals surface area (Å²) >= 11 is 0. The van der Waals surface area contributed by atoms with Crippen LogP contribution in [0.4, 0.5) is 0 Å². The largest absolute Gasteiger partial charge is 0.336 e. The van der Waals surface area contributed by atoms with E-state index in [9.17, 15) is 18.0 Å². The van der Waals surface area contributed by atoms with Gasteiger partial charge in [0, 0.05) is 27.1 Å². The zero-order valence-corrected chi connectivity index (χ0v) is 16.7. The predicted molar refractivity (Wildman–Crippen MR) is 109 cm³/mol. The van der Waals surface area contributed by atoms with E-state index in [-0.39, 0.29) is 29.0 Å². The quantitative estimate of drug-likeness (QED) is 0.498. The number of hydrogen-bond donors (Lipinski definition) is 2. The molecule has 0 amide bonds. The lowest BCUT2D eigenvalue weighted by Crippen LogP contribution is -2.36. The number of nitrogens with one attached hydrogen (secondary N) is 2. The maximum atomic E-state index is 12.6. The number of aromatic amines is 1. The van der Waals surface area contributed by atoms with Crippen molar-refractivity contribution >= 4 is 32.0 Å². The summed E-state index contributed by atoms with van der Waals surface area (Å²) in [6, 6.07) is 12.5. The summed E-state index contributed by atoms with van der Waals surface area (Å²) in [6.07, 6.45) is 0.235. The third-order valence-electron chi connectivity index (χ3n) is 4.83. The number of rotatable bonds is 5. The Hall–Kier alpha value is -3.24. The van der Waals surface area contributed by atoms with Gasteiger partial charge in [-0.1, -0.05) is 30.3 Å². The molecule has 0 aliphatic heterocycles. The molecule has 0 atom stereocenters. The molecule has 9 nitrogen and oxygen atoms in total. The second-order valence-electron chi connectivity index (χ2n) is 6.74. The van der Waals surface area contributed by atoms with E-state index in [1.165, 1.54) is 18.7 Å². The average Bonchev–Trinajstić information content (AvgIpc) is 3.14. The van der Waals surface area contributed by atoms with E-state index < -0.39 is 21.3 Å². The summed E-state index contributed by atoms with van der Waals surface area (Å²) in [5.41, 5.74) is -0.497. The molecule has 0 aliphatic rings.